The van der Waals surface area contributed by atoms with Gasteiger partial charge in [0.2, 0.25) is 5.91 Å². The summed E-state index contributed by atoms with van der Waals surface area (Å²) in [6, 6.07) is 7.74. The second kappa shape index (κ2) is 15.7. The van der Waals surface area contributed by atoms with Crippen LogP contribution in [0.5, 0.6) is 0 Å². The summed E-state index contributed by atoms with van der Waals surface area (Å²) >= 11 is 0. The lowest BCUT2D eigenvalue weighted by molar-refractivity contribution is -0.160. The summed E-state index contributed by atoms with van der Waals surface area (Å²) in [5.41, 5.74) is 1.43. The third-order valence-corrected chi connectivity index (χ3v) is 8.92. The number of aromatic amines is 2. The molecule has 1 aromatic carbocycles. The minimum Gasteiger partial charge on any atom is -0.452 e. The molecule has 2 aliphatic carbocycles. The Hall–Kier alpha value is -3.99. The molecule has 2 heterocycles. The van der Waals surface area contributed by atoms with E-state index in [1.54, 1.807) is 18.6 Å². The highest BCUT2D eigenvalue weighted by atomic mass is 16.5. The van der Waals surface area contributed by atoms with E-state index in [0.717, 1.165) is 56.9 Å². The van der Waals surface area contributed by atoms with Gasteiger partial charge in [0.25, 0.3) is 5.91 Å². The molecule has 11 heteroatoms. The molecule has 0 saturated heterocycles. The zero-order valence-corrected chi connectivity index (χ0v) is 25.1. The summed E-state index contributed by atoms with van der Waals surface area (Å²) in [7, 11) is 0. The van der Waals surface area contributed by atoms with Crippen LogP contribution in [0.15, 0.2) is 55.2 Å². The molecule has 0 bridgehead atoms. The second-order valence-corrected chi connectivity index (χ2v) is 12.2. The van der Waals surface area contributed by atoms with Gasteiger partial charge in [-0.3, -0.25) is 14.4 Å². The number of aromatic nitrogens is 4. The number of carbonyl (C=O) groups excluding carboxylic acids is 3. The number of imidazole rings is 2. The predicted octanol–water partition coefficient (Wildman–Crippen LogP) is 3.69. The normalized spacial score (nSPS) is 18.7. The molecule has 5 N–H and O–H groups in total. The summed E-state index contributed by atoms with van der Waals surface area (Å²) in [6.45, 7) is 0. The van der Waals surface area contributed by atoms with Crippen LogP contribution in [0.4, 0.5) is 0 Å². The fourth-order valence-electron chi connectivity index (χ4n) is 6.46. The Kier molecular flexibility index (Phi) is 11.2. The number of nitrogens with zero attached hydrogens (tertiary/aromatic N) is 2. The Morgan fingerprint density at radius 1 is 0.932 bits per heavy atom. The van der Waals surface area contributed by atoms with Gasteiger partial charge in [0.05, 0.1) is 24.0 Å². The minimum atomic E-state index is -1.10. The van der Waals surface area contributed by atoms with Crippen LogP contribution >= 0.6 is 0 Å². The van der Waals surface area contributed by atoms with Gasteiger partial charge in [-0.15, -0.1) is 0 Å². The van der Waals surface area contributed by atoms with Gasteiger partial charge in [-0.05, 0) is 30.7 Å². The molecule has 4 atom stereocenters. The summed E-state index contributed by atoms with van der Waals surface area (Å²) in [5.74, 6) is -0.849. The highest BCUT2D eigenvalue weighted by Crippen LogP contribution is 2.30. The lowest BCUT2D eigenvalue weighted by atomic mass is 9.83. The Morgan fingerprint density at radius 2 is 1.68 bits per heavy atom. The van der Waals surface area contributed by atoms with Crippen LogP contribution < -0.4 is 10.6 Å². The highest BCUT2D eigenvalue weighted by molar-refractivity contribution is 5.91. The average Bonchev–Trinajstić information content (AvgIpc) is 3.85. The first-order valence-corrected chi connectivity index (χ1v) is 16.0. The van der Waals surface area contributed by atoms with Gasteiger partial charge < -0.3 is 30.4 Å². The standard InChI is InChI=1S/C33H44N6O5/c40-29(30-35-15-16-36-30)26(17-22-9-3-1-4-10-22)38-31(41)27(19-25-20-34-21-37-25)39-32(42)28(18-23-11-5-2-6-12-23)44-33(43)24-13-7-8-14-24/h2,5-6,11-12,15-16,20-22,24,26-29,40H,1,3-4,7-10,13-14,17-19H2,(H,34,37)(H,35,36)(H,38,41)(H,39,42)/t26-,27-,28-,29+/m0/s1. The number of carbonyl (C=O) groups is 3. The van der Waals surface area contributed by atoms with Crippen LogP contribution in [0.2, 0.25) is 0 Å². The maximum absolute atomic E-state index is 13.9. The molecular formula is C33H44N6O5. The Labute approximate surface area is 258 Å². The molecule has 3 aromatic rings. The van der Waals surface area contributed by atoms with Gasteiger partial charge >= 0.3 is 5.97 Å². The van der Waals surface area contributed by atoms with Crippen molar-refractivity contribution in [3.8, 4) is 0 Å². The van der Waals surface area contributed by atoms with Crippen molar-refractivity contribution in [3.63, 3.8) is 0 Å². The fourth-order valence-corrected chi connectivity index (χ4v) is 6.46. The van der Waals surface area contributed by atoms with E-state index in [0.29, 0.717) is 23.9 Å². The molecular weight excluding hydrogens is 560 g/mol. The monoisotopic (exact) mass is 604 g/mol. The summed E-state index contributed by atoms with van der Waals surface area (Å²) in [5, 5.41) is 17.2. The number of esters is 1. The zero-order valence-electron chi connectivity index (χ0n) is 25.1. The van der Waals surface area contributed by atoms with Crippen molar-refractivity contribution in [1.29, 1.82) is 0 Å². The Morgan fingerprint density at radius 3 is 2.36 bits per heavy atom. The van der Waals surface area contributed by atoms with Gasteiger partial charge in [-0.1, -0.05) is 75.3 Å². The van der Waals surface area contributed by atoms with Crippen LogP contribution in [-0.2, 0) is 32.0 Å². The largest absolute Gasteiger partial charge is 0.452 e. The molecule has 0 aliphatic heterocycles. The molecule has 2 fully saturated rings. The van der Waals surface area contributed by atoms with E-state index in [1.807, 2.05) is 30.3 Å². The van der Waals surface area contributed by atoms with Crippen LogP contribution in [-0.4, -0.2) is 61.0 Å². The molecule has 0 unspecified atom stereocenters. The van der Waals surface area contributed by atoms with Crippen molar-refractivity contribution in [2.24, 2.45) is 11.8 Å². The van der Waals surface area contributed by atoms with Crippen molar-refractivity contribution < 1.29 is 24.2 Å². The molecule has 5 rings (SSSR count). The van der Waals surface area contributed by atoms with Crippen LogP contribution in [0.1, 0.15) is 87.4 Å². The topological polar surface area (TPSA) is 162 Å². The maximum Gasteiger partial charge on any atom is 0.309 e. The second-order valence-electron chi connectivity index (χ2n) is 12.2. The Balaban J connectivity index is 1.34. The van der Waals surface area contributed by atoms with Crippen molar-refractivity contribution in [1.82, 2.24) is 30.6 Å². The molecule has 2 aliphatic rings. The lowest BCUT2D eigenvalue weighted by Crippen LogP contribution is -2.54. The molecule has 11 nitrogen and oxygen atoms in total. The first-order valence-electron chi connectivity index (χ1n) is 16.0. The average molecular weight is 605 g/mol. The summed E-state index contributed by atoms with van der Waals surface area (Å²) in [6.07, 6.45) is 14.1. The van der Waals surface area contributed by atoms with Crippen LogP contribution in [0, 0.1) is 11.8 Å². The smallest absolute Gasteiger partial charge is 0.309 e. The van der Waals surface area contributed by atoms with Crippen molar-refractivity contribution >= 4 is 17.8 Å². The number of rotatable bonds is 14. The minimum absolute atomic E-state index is 0.114. The van der Waals surface area contributed by atoms with Crippen molar-refractivity contribution in [3.05, 3.63) is 72.3 Å². The van der Waals surface area contributed by atoms with E-state index in [-0.39, 0.29) is 24.7 Å². The van der Waals surface area contributed by atoms with Gasteiger partial charge in [0, 0.05) is 31.4 Å². The molecule has 236 valence electrons. The lowest BCUT2D eigenvalue weighted by Gasteiger charge is -2.31. The number of aliphatic hydroxyl groups is 1. The van der Waals surface area contributed by atoms with E-state index in [1.165, 1.54) is 12.7 Å². The number of hydrogen-bond donors (Lipinski definition) is 5. The molecule has 2 saturated carbocycles. The maximum atomic E-state index is 13.9. The summed E-state index contributed by atoms with van der Waals surface area (Å²) < 4.78 is 5.83. The van der Waals surface area contributed by atoms with Gasteiger partial charge in [-0.25, -0.2) is 9.97 Å². The fraction of sp³-hybridized carbons (Fsp3) is 0.545. The van der Waals surface area contributed by atoms with E-state index < -0.39 is 36.1 Å². The third kappa shape index (κ3) is 8.78. The van der Waals surface area contributed by atoms with E-state index >= 15 is 0 Å². The van der Waals surface area contributed by atoms with Crippen LogP contribution in [0.3, 0.4) is 0 Å². The van der Waals surface area contributed by atoms with Gasteiger partial charge in [0.1, 0.15) is 18.0 Å². The predicted molar refractivity (Wildman–Crippen MR) is 163 cm³/mol. The number of hydrogen-bond acceptors (Lipinski definition) is 7. The van der Waals surface area contributed by atoms with E-state index in [9.17, 15) is 19.5 Å². The van der Waals surface area contributed by atoms with Crippen LogP contribution in [0.25, 0.3) is 0 Å². The number of aliphatic hydroxyl groups excluding tert-OH is 1. The van der Waals surface area contributed by atoms with Gasteiger partial charge in [0.15, 0.2) is 6.10 Å². The number of nitrogens with one attached hydrogen (secondary N) is 4. The molecule has 44 heavy (non-hydrogen) atoms. The Bertz CT molecular complexity index is 1300. The van der Waals surface area contributed by atoms with E-state index in [2.05, 4.69) is 30.6 Å². The van der Waals surface area contributed by atoms with E-state index in [4.69, 9.17) is 4.74 Å². The first kappa shape index (κ1) is 31.4. The molecule has 2 aromatic heterocycles. The summed E-state index contributed by atoms with van der Waals surface area (Å²) in [4.78, 5) is 55.1. The number of amides is 2. The van der Waals surface area contributed by atoms with Gasteiger partial charge in [-0.2, -0.15) is 0 Å². The third-order valence-electron chi connectivity index (χ3n) is 8.92. The number of ether oxygens (including phenoxy) is 1. The van der Waals surface area contributed by atoms with Crippen molar-refractivity contribution in [2.75, 3.05) is 0 Å². The molecule has 2 amide bonds. The quantitative estimate of drug-likeness (QED) is 0.175. The number of H-pyrrole nitrogens is 2. The molecule has 0 spiro atoms. The van der Waals surface area contributed by atoms with Crippen molar-refractivity contribution in [2.45, 2.75) is 101 Å². The highest BCUT2D eigenvalue weighted by Gasteiger charge is 2.35. The first-order chi connectivity index (χ1) is 21.5. The SMILES string of the molecule is O=C(O[C@@H](Cc1ccccc1)C(=O)N[C@@H](Cc1c[nH]cn1)C(=O)N[C@@H](CC1CCCCC1)[C@@H](O)c1ncc[nH]1)C1CCCC1. The molecule has 0 radical (unpaired) electrons. The number of benzene rings is 1. The zero-order chi connectivity index (χ0) is 30.7.